The molecule has 1 aromatic carbocycles. The molecule has 4 heterocycles. The Hall–Kier alpha value is -4.34. The number of nitrogens with zero attached hydrogens (tertiary/aromatic N) is 8. The van der Waals surface area contributed by atoms with Crippen molar-refractivity contribution >= 4 is 28.0 Å². The molecule has 0 aliphatic rings. The van der Waals surface area contributed by atoms with Crippen LogP contribution < -0.4 is 0 Å². The van der Waals surface area contributed by atoms with Gasteiger partial charge in [0.1, 0.15) is 24.9 Å². The Morgan fingerprint density at radius 2 is 1.91 bits per heavy atom. The van der Waals surface area contributed by atoms with Crippen LogP contribution in [0.5, 0.6) is 5.75 Å². The van der Waals surface area contributed by atoms with E-state index in [-0.39, 0.29) is 0 Å². The summed E-state index contributed by atoms with van der Waals surface area (Å²) in [5.74, 6) is 1.05. The summed E-state index contributed by atoms with van der Waals surface area (Å²) in [4.78, 5) is 13.5. The summed E-state index contributed by atoms with van der Waals surface area (Å²) in [5.41, 5.74) is 4.63. The fourth-order valence-electron chi connectivity index (χ4n) is 3.79. The summed E-state index contributed by atoms with van der Waals surface area (Å²) in [6.45, 7) is 6.07. The largest absolute Gasteiger partial charge is 0.508 e. The zero-order valence-corrected chi connectivity index (χ0v) is 20.5. The normalized spacial score (nSPS) is 11.2. The number of pyridine rings is 1. The summed E-state index contributed by atoms with van der Waals surface area (Å²) in [6, 6.07) is 5.70. The summed E-state index contributed by atoms with van der Waals surface area (Å²) in [6.07, 6.45) is 10.4. The molecule has 10 nitrogen and oxygen atoms in total. The van der Waals surface area contributed by atoms with Gasteiger partial charge in [-0.3, -0.25) is 9.25 Å². The average molecular weight is 473 g/mol. The molecule has 0 saturated heterocycles. The Balaban J connectivity index is 0.000000243. The minimum absolute atomic E-state index is 0.386. The molecule has 0 saturated carbocycles. The van der Waals surface area contributed by atoms with E-state index >= 15 is 0 Å². The van der Waals surface area contributed by atoms with Crippen molar-refractivity contribution < 1.29 is 9.94 Å². The monoisotopic (exact) mass is 472 g/mol. The zero-order valence-electron chi connectivity index (χ0n) is 20.5. The SMILES string of the molecule is CCc1ccc(O)c(C)c1.CCc1nnc(-n2cnc(/C=N/OC)c2)c2cnc3c(cnn3C)c12. The van der Waals surface area contributed by atoms with Gasteiger partial charge < -0.3 is 9.94 Å². The van der Waals surface area contributed by atoms with Gasteiger partial charge in [-0.1, -0.05) is 31.1 Å². The first kappa shape index (κ1) is 23.8. The van der Waals surface area contributed by atoms with Crippen LogP contribution in [0.1, 0.15) is 36.4 Å². The van der Waals surface area contributed by atoms with Crippen LogP contribution in [0.2, 0.25) is 0 Å². The second kappa shape index (κ2) is 10.3. The quantitative estimate of drug-likeness (QED) is 0.305. The number of hydrogen-bond acceptors (Lipinski definition) is 8. The van der Waals surface area contributed by atoms with Crippen LogP contribution in [0.15, 0.2) is 48.3 Å². The Morgan fingerprint density at radius 1 is 1.09 bits per heavy atom. The number of oxime groups is 1. The van der Waals surface area contributed by atoms with E-state index in [1.165, 1.54) is 18.9 Å². The van der Waals surface area contributed by atoms with Crippen LogP contribution in [-0.2, 0) is 24.7 Å². The van der Waals surface area contributed by atoms with Gasteiger partial charge in [0.15, 0.2) is 11.5 Å². The van der Waals surface area contributed by atoms with Gasteiger partial charge >= 0.3 is 0 Å². The molecule has 0 aliphatic heterocycles. The number of benzene rings is 1. The van der Waals surface area contributed by atoms with Crippen molar-refractivity contribution in [3.63, 3.8) is 0 Å². The Labute approximate surface area is 202 Å². The molecule has 0 bridgehead atoms. The topological polar surface area (TPSA) is 116 Å². The van der Waals surface area contributed by atoms with Crippen LogP contribution >= 0.6 is 0 Å². The Morgan fingerprint density at radius 3 is 2.63 bits per heavy atom. The van der Waals surface area contributed by atoms with Gasteiger partial charge in [0.2, 0.25) is 0 Å². The van der Waals surface area contributed by atoms with Crippen LogP contribution in [0.4, 0.5) is 0 Å². The molecule has 0 fully saturated rings. The smallest absolute Gasteiger partial charge is 0.170 e. The molecular formula is C25H28N8O2. The van der Waals surface area contributed by atoms with E-state index in [9.17, 15) is 0 Å². The zero-order chi connectivity index (χ0) is 24.9. The van der Waals surface area contributed by atoms with Gasteiger partial charge in [-0.2, -0.15) is 10.2 Å². The number of aryl methyl sites for hydroxylation is 4. The van der Waals surface area contributed by atoms with Crippen LogP contribution in [0.25, 0.3) is 27.6 Å². The van der Waals surface area contributed by atoms with Gasteiger partial charge in [-0.05, 0) is 37.0 Å². The molecule has 0 spiro atoms. The highest BCUT2D eigenvalue weighted by atomic mass is 16.6. The molecule has 5 rings (SSSR count). The number of phenols is 1. The standard InChI is InChI=1S/C16H16N8O.C9H12O/c1-4-13-14-11(6-17-15-12(14)7-19-23(15)2)16(22-21-13)24-8-10(18-9-24)5-20-25-3;1-3-8-4-5-9(10)7(2)6-8/h5-9H,4H2,1-3H3;4-6,10H,3H2,1-2H3/b20-5+;. The maximum atomic E-state index is 9.14. The average Bonchev–Trinajstić information content (AvgIpc) is 3.50. The molecule has 1 N–H and O–H groups in total. The third-order valence-corrected chi connectivity index (χ3v) is 5.70. The van der Waals surface area contributed by atoms with E-state index < -0.39 is 0 Å². The van der Waals surface area contributed by atoms with Crippen LogP contribution in [0, 0.1) is 6.92 Å². The van der Waals surface area contributed by atoms with Gasteiger partial charge in [0.05, 0.1) is 18.1 Å². The number of rotatable bonds is 5. The highest BCUT2D eigenvalue weighted by Gasteiger charge is 2.16. The van der Waals surface area contributed by atoms with Gasteiger partial charge in [-0.15, -0.1) is 5.10 Å². The van der Waals surface area contributed by atoms with Gasteiger partial charge in [0.25, 0.3) is 0 Å². The summed E-state index contributed by atoms with van der Waals surface area (Å²) in [7, 11) is 3.36. The van der Waals surface area contributed by atoms with Crippen molar-refractivity contribution in [2.45, 2.75) is 33.6 Å². The maximum absolute atomic E-state index is 9.14. The molecule has 0 atom stereocenters. The molecule has 0 unspecified atom stereocenters. The minimum Gasteiger partial charge on any atom is -0.508 e. The second-order valence-corrected chi connectivity index (χ2v) is 7.97. The lowest BCUT2D eigenvalue weighted by atomic mass is 10.1. The highest BCUT2D eigenvalue weighted by molar-refractivity contribution is 6.07. The van der Waals surface area contributed by atoms with E-state index in [1.54, 1.807) is 21.6 Å². The molecule has 10 heteroatoms. The molecule has 5 aromatic rings. The van der Waals surface area contributed by atoms with Crippen LogP contribution in [-0.4, -0.2) is 52.9 Å². The molecule has 0 radical (unpaired) electrons. The van der Waals surface area contributed by atoms with E-state index in [4.69, 9.17) is 5.11 Å². The van der Waals surface area contributed by atoms with Crippen molar-refractivity contribution in [3.8, 4) is 11.6 Å². The third-order valence-electron chi connectivity index (χ3n) is 5.70. The van der Waals surface area contributed by atoms with Crippen molar-refractivity contribution in [2.75, 3.05) is 7.11 Å². The number of phenolic OH excluding ortho intramolecular Hbond substituents is 1. The Kier molecular flexibility index (Phi) is 7.00. The van der Waals surface area contributed by atoms with E-state index in [0.29, 0.717) is 17.3 Å². The fraction of sp³-hybridized carbons (Fsp3) is 0.280. The molecular weight excluding hydrogens is 444 g/mol. The molecule has 0 amide bonds. The fourth-order valence-corrected chi connectivity index (χ4v) is 3.79. The summed E-state index contributed by atoms with van der Waals surface area (Å²) >= 11 is 0. The Bertz CT molecular complexity index is 1500. The lowest BCUT2D eigenvalue weighted by Crippen LogP contribution is -2.03. The number of fused-ring (bicyclic) bond motifs is 3. The van der Waals surface area contributed by atoms with Crippen molar-refractivity contribution in [1.82, 2.24) is 34.5 Å². The molecule has 35 heavy (non-hydrogen) atoms. The number of hydrogen-bond donors (Lipinski definition) is 1. The van der Waals surface area contributed by atoms with Gasteiger partial charge in [0, 0.05) is 35.6 Å². The predicted octanol–water partition coefficient (Wildman–Crippen LogP) is 3.90. The molecule has 180 valence electrons. The van der Waals surface area contributed by atoms with Gasteiger partial charge in [-0.25, -0.2) is 9.97 Å². The second-order valence-electron chi connectivity index (χ2n) is 7.97. The van der Waals surface area contributed by atoms with Crippen molar-refractivity contribution in [3.05, 3.63) is 65.6 Å². The molecule has 0 aliphatic carbocycles. The summed E-state index contributed by atoms with van der Waals surface area (Å²) in [5, 5.41) is 28.9. The lowest BCUT2D eigenvalue weighted by Gasteiger charge is -2.09. The third kappa shape index (κ3) is 4.81. The first-order valence-electron chi connectivity index (χ1n) is 11.3. The minimum atomic E-state index is 0.386. The number of aromatic hydroxyl groups is 1. The van der Waals surface area contributed by atoms with Crippen LogP contribution in [0.3, 0.4) is 0 Å². The van der Waals surface area contributed by atoms with E-state index in [2.05, 4.69) is 49.1 Å². The van der Waals surface area contributed by atoms with E-state index in [0.717, 1.165) is 45.9 Å². The summed E-state index contributed by atoms with van der Waals surface area (Å²) < 4.78 is 3.56. The maximum Gasteiger partial charge on any atom is 0.170 e. The first-order valence-corrected chi connectivity index (χ1v) is 11.3. The highest BCUT2D eigenvalue weighted by Crippen LogP contribution is 2.28. The van der Waals surface area contributed by atoms with Crippen molar-refractivity contribution in [2.24, 2.45) is 12.2 Å². The number of imidazole rings is 1. The first-order chi connectivity index (χ1) is 17.0. The predicted molar refractivity (Wildman–Crippen MR) is 135 cm³/mol. The molecule has 4 aromatic heterocycles. The van der Waals surface area contributed by atoms with E-state index in [1.807, 2.05) is 44.7 Å². The number of aromatic nitrogens is 7. The van der Waals surface area contributed by atoms with Crippen molar-refractivity contribution in [1.29, 1.82) is 0 Å². The lowest BCUT2D eigenvalue weighted by molar-refractivity contribution is 0.215.